The smallest absolute Gasteiger partial charge is 0.196 e. The maximum absolute atomic E-state index is 12.7. The van der Waals surface area contributed by atoms with Crippen LogP contribution in [0.3, 0.4) is 0 Å². The quantitative estimate of drug-likeness (QED) is 0.681. The lowest BCUT2D eigenvalue weighted by molar-refractivity contribution is 0.104. The van der Waals surface area contributed by atoms with Gasteiger partial charge in [0.05, 0.1) is 5.02 Å². The van der Waals surface area contributed by atoms with Gasteiger partial charge in [0.1, 0.15) is 0 Å². The van der Waals surface area contributed by atoms with Crippen molar-refractivity contribution >= 4 is 28.3 Å². The lowest BCUT2D eigenvalue weighted by atomic mass is 10.0. The topological polar surface area (TPSA) is 32.9 Å². The number of carbonyl (C=O) groups is 1. The Balaban J connectivity index is 2.15. The number of carbonyl (C=O) groups excluding carboxylic acids is 1. The van der Waals surface area contributed by atoms with Gasteiger partial charge in [-0.05, 0) is 43.7 Å². The monoisotopic (exact) mass is 283 g/mol. The van der Waals surface area contributed by atoms with Crippen molar-refractivity contribution in [3.05, 3.63) is 69.9 Å². The molecular formula is C17H14ClNO. The number of aromatic amines is 1. The molecule has 3 aromatic rings. The van der Waals surface area contributed by atoms with Crippen LogP contribution in [0.5, 0.6) is 0 Å². The van der Waals surface area contributed by atoms with Gasteiger partial charge in [-0.2, -0.15) is 0 Å². The van der Waals surface area contributed by atoms with Crippen molar-refractivity contribution < 1.29 is 4.79 Å². The van der Waals surface area contributed by atoms with E-state index in [1.807, 2.05) is 44.2 Å². The molecule has 20 heavy (non-hydrogen) atoms. The molecule has 0 aliphatic rings. The van der Waals surface area contributed by atoms with Crippen molar-refractivity contribution in [1.29, 1.82) is 0 Å². The first-order valence-corrected chi connectivity index (χ1v) is 6.82. The van der Waals surface area contributed by atoms with Gasteiger partial charge in [0.15, 0.2) is 5.78 Å². The average molecular weight is 284 g/mol. The largest absolute Gasteiger partial charge is 0.360 e. The van der Waals surface area contributed by atoms with Crippen LogP contribution in [0, 0.1) is 13.8 Å². The zero-order chi connectivity index (χ0) is 14.3. The highest BCUT2D eigenvalue weighted by atomic mass is 35.5. The molecule has 0 aliphatic heterocycles. The summed E-state index contributed by atoms with van der Waals surface area (Å²) in [6.45, 7) is 3.97. The molecule has 0 fully saturated rings. The van der Waals surface area contributed by atoms with Crippen LogP contribution in [-0.4, -0.2) is 10.8 Å². The molecule has 1 heterocycles. The maximum atomic E-state index is 12.7. The van der Waals surface area contributed by atoms with Crippen LogP contribution in [0.15, 0.2) is 42.6 Å². The van der Waals surface area contributed by atoms with Crippen LogP contribution in [0.25, 0.3) is 10.9 Å². The maximum Gasteiger partial charge on any atom is 0.196 e. The number of aryl methyl sites for hydroxylation is 2. The summed E-state index contributed by atoms with van der Waals surface area (Å²) < 4.78 is 0. The third-order valence-electron chi connectivity index (χ3n) is 3.45. The predicted molar refractivity (Wildman–Crippen MR) is 82.7 cm³/mol. The molecule has 3 heteroatoms. The Morgan fingerprint density at radius 2 is 1.70 bits per heavy atom. The summed E-state index contributed by atoms with van der Waals surface area (Å²) in [6.07, 6.45) is 1.75. The first kappa shape index (κ1) is 12.9. The highest BCUT2D eigenvalue weighted by Crippen LogP contribution is 2.26. The average Bonchev–Trinajstić information content (AvgIpc) is 2.81. The van der Waals surface area contributed by atoms with E-state index in [0.29, 0.717) is 16.1 Å². The van der Waals surface area contributed by atoms with Gasteiger partial charge in [-0.15, -0.1) is 0 Å². The Kier molecular flexibility index (Phi) is 3.11. The molecule has 0 amide bonds. The molecule has 0 aliphatic carbocycles. The molecule has 0 radical (unpaired) electrons. The molecular weight excluding hydrogens is 270 g/mol. The summed E-state index contributed by atoms with van der Waals surface area (Å²) >= 11 is 6.19. The minimum absolute atomic E-state index is 0.0492. The minimum atomic E-state index is -0.0492. The van der Waals surface area contributed by atoms with Crippen LogP contribution in [-0.2, 0) is 0 Å². The molecule has 2 aromatic carbocycles. The number of hydrogen-bond acceptors (Lipinski definition) is 1. The minimum Gasteiger partial charge on any atom is -0.360 e. The number of halogens is 1. The Bertz CT molecular complexity index is 817. The van der Waals surface area contributed by atoms with Crippen LogP contribution >= 0.6 is 11.6 Å². The standard InChI is InChI=1S/C17H14ClNO/c1-10-4-6-16-13(7-10)14(9-19-16)17(20)12-5-3-11(2)8-15(12)18/h3-9,19H,1-2H3. The van der Waals surface area contributed by atoms with Crippen LogP contribution in [0.1, 0.15) is 27.0 Å². The molecule has 0 unspecified atom stereocenters. The van der Waals surface area contributed by atoms with Gasteiger partial charge >= 0.3 is 0 Å². The molecule has 2 nitrogen and oxygen atoms in total. The molecule has 100 valence electrons. The van der Waals surface area contributed by atoms with E-state index in [0.717, 1.165) is 22.0 Å². The van der Waals surface area contributed by atoms with E-state index in [2.05, 4.69) is 4.98 Å². The fourth-order valence-electron chi connectivity index (χ4n) is 2.37. The fraction of sp³-hybridized carbons (Fsp3) is 0.118. The summed E-state index contributed by atoms with van der Waals surface area (Å²) in [5.41, 5.74) is 4.33. The number of aromatic nitrogens is 1. The molecule has 0 spiro atoms. The molecule has 0 atom stereocenters. The first-order valence-electron chi connectivity index (χ1n) is 6.45. The number of H-pyrrole nitrogens is 1. The number of rotatable bonds is 2. The van der Waals surface area contributed by atoms with E-state index >= 15 is 0 Å². The summed E-state index contributed by atoms with van der Waals surface area (Å²) in [4.78, 5) is 15.8. The molecule has 1 N–H and O–H groups in total. The van der Waals surface area contributed by atoms with Crippen molar-refractivity contribution in [3.63, 3.8) is 0 Å². The first-order chi connectivity index (χ1) is 9.56. The van der Waals surface area contributed by atoms with Gasteiger partial charge in [-0.1, -0.05) is 29.3 Å². The van der Waals surface area contributed by atoms with E-state index in [-0.39, 0.29) is 5.78 Å². The zero-order valence-corrected chi connectivity index (χ0v) is 12.1. The molecule has 3 rings (SSSR count). The van der Waals surface area contributed by atoms with Crippen molar-refractivity contribution in [2.75, 3.05) is 0 Å². The Morgan fingerprint density at radius 1 is 1.00 bits per heavy atom. The molecule has 0 saturated carbocycles. The Hall–Kier alpha value is -2.06. The zero-order valence-electron chi connectivity index (χ0n) is 11.3. The molecule has 1 aromatic heterocycles. The third kappa shape index (κ3) is 2.12. The molecule has 0 bridgehead atoms. The van der Waals surface area contributed by atoms with Gasteiger partial charge in [-0.25, -0.2) is 0 Å². The number of nitrogens with one attached hydrogen (secondary N) is 1. The van der Waals surface area contributed by atoms with Crippen LogP contribution in [0.2, 0.25) is 5.02 Å². The van der Waals surface area contributed by atoms with Crippen molar-refractivity contribution in [3.8, 4) is 0 Å². The number of benzene rings is 2. The Morgan fingerprint density at radius 3 is 2.45 bits per heavy atom. The van der Waals surface area contributed by atoms with Crippen LogP contribution in [0.4, 0.5) is 0 Å². The second-order valence-corrected chi connectivity index (χ2v) is 5.47. The summed E-state index contributed by atoms with van der Waals surface area (Å²) in [5, 5.41) is 1.43. The lowest BCUT2D eigenvalue weighted by Gasteiger charge is -2.04. The fourth-order valence-corrected chi connectivity index (χ4v) is 2.69. The summed E-state index contributed by atoms with van der Waals surface area (Å²) in [5.74, 6) is -0.0492. The second kappa shape index (κ2) is 4.80. The second-order valence-electron chi connectivity index (χ2n) is 5.06. The van der Waals surface area contributed by atoms with Gasteiger partial charge in [0.2, 0.25) is 0 Å². The number of ketones is 1. The van der Waals surface area contributed by atoms with Gasteiger partial charge in [0, 0.05) is 28.2 Å². The van der Waals surface area contributed by atoms with E-state index < -0.39 is 0 Å². The van der Waals surface area contributed by atoms with Crippen molar-refractivity contribution in [2.24, 2.45) is 0 Å². The van der Waals surface area contributed by atoms with Gasteiger partial charge < -0.3 is 4.98 Å². The summed E-state index contributed by atoms with van der Waals surface area (Å²) in [7, 11) is 0. The van der Waals surface area contributed by atoms with E-state index in [9.17, 15) is 4.79 Å². The third-order valence-corrected chi connectivity index (χ3v) is 3.76. The van der Waals surface area contributed by atoms with Crippen molar-refractivity contribution in [2.45, 2.75) is 13.8 Å². The lowest BCUT2D eigenvalue weighted by Crippen LogP contribution is -2.01. The summed E-state index contributed by atoms with van der Waals surface area (Å²) in [6, 6.07) is 11.5. The normalized spacial score (nSPS) is 10.9. The van der Waals surface area contributed by atoms with E-state index in [1.54, 1.807) is 12.3 Å². The predicted octanol–water partition coefficient (Wildman–Crippen LogP) is 4.67. The highest BCUT2D eigenvalue weighted by Gasteiger charge is 2.16. The van der Waals surface area contributed by atoms with Gasteiger partial charge in [0.25, 0.3) is 0 Å². The Labute approximate surface area is 122 Å². The van der Waals surface area contributed by atoms with Crippen LogP contribution < -0.4 is 0 Å². The van der Waals surface area contributed by atoms with E-state index in [1.165, 1.54) is 0 Å². The number of hydrogen-bond donors (Lipinski definition) is 1. The SMILES string of the molecule is Cc1ccc(C(=O)c2c[nH]c3ccc(C)cc23)c(Cl)c1. The molecule has 0 saturated heterocycles. The number of fused-ring (bicyclic) bond motifs is 1. The van der Waals surface area contributed by atoms with E-state index in [4.69, 9.17) is 11.6 Å². The van der Waals surface area contributed by atoms with Crippen molar-refractivity contribution in [1.82, 2.24) is 4.98 Å². The highest BCUT2D eigenvalue weighted by molar-refractivity contribution is 6.35. The van der Waals surface area contributed by atoms with Gasteiger partial charge in [-0.3, -0.25) is 4.79 Å².